The van der Waals surface area contributed by atoms with Gasteiger partial charge in [0.15, 0.2) is 17.5 Å². The van der Waals surface area contributed by atoms with Crippen molar-refractivity contribution in [1.29, 1.82) is 0 Å². The quantitative estimate of drug-likeness (QED) is 0.153. The molecule has 51 heavy (non-hydrogen) atoms. The molecule has 0 amide bonds. The van der Waals surface area contributed by atoms with Crippen LogP contribution in [0.25, 0.3) is 56.4 Å². The molecule has 4 atom stereocenters. The molecular weight excluding hydrogens is 619 g/mol. The van der Waals surface area contributed by atoms with Crippen molar-refractivity contribution in [2.75, 3.05) is 0 Å². The number of rotatable bonds is 8. The van der Waals surface area contributed by atoms with Gasteiger partial charge in [0.25, 0.3) is 0 Å². The highest BCUT2D eigenvalue weighted by atomic mass is 15.0. The maximum Gasteiger partial charge on any atom is 0.164 e. The summed E-state index contributed by atoms with van der Waals surface area (Å²) in [4.78, 5) is 15.3. The molecular formula is C48H39N3. The number of aromatic nitrogens is 3. The van der Waals surface area contributed by atoms with Crippen molar-refractivity contribution in [1.82, 2.24) is 15.0 Å². The fourth-order valence-corrected chi connectivity index (χ4v) is 8.74. The first-order chi connectivity index (χ1) is 25.1. The summed E-state index contributed by atoms with van der Waals surface area (Å²) in [6.45, 7) is 4.83. The first kappa shape index (κ1) is 31.1. The van der Waals surface area contributed by atoms with E-state index in [1.165, 1.54) is 11.1 Å². The molecule has 0 saturated heterocycles. The van der Waals surface area contributed by atoms with Crippen LogP contribution in [0.1, 0.15) is 25.0 Å². The summed E-state index contributed by atoms with van der Waals surface area (Å²) in [6, 6.07) is 57.9. The second-order valence-corrected chi connectivity index (χ2v) is 14.1. The van der Waals surface area contributed by atoms with Crippen LogP contribution in [-0.2, 0) is 11.8 Å². The van der Waals surface area contributed by atoms with Gasteiger partial charge in [-0.3, -0.25) is 0 Å². The van der Waals surface area contributed by atoms with Crippen LogP contribution in [0.5, 0.6) is 0 Å². The summed E-state index contributed by atoms with van der Waals surface area (Å²) >= 11 is 0. The minimum absolute atomic E-state index is 0.208. The molecule has 0 bridgehead atoms. The molecule has 7 aromatic rings. The smallest absolute Gasteiger partial charge is 0.164 e. The minimum Gasteiger partial charge on any atom is -0.208 e. The van der Waals surface area contributed by atoms with Crippen LogP contribution in [0.3, 0.4) is 0 Å². The van der Waals surface area contributed by atoms with Crippen LogP contribution < -0.4 is 0 Å². The van der Waals surface area contributed by atoms with Crippen molar-refractivity contribution < 1.29 is 0 Å². The molecule has 1 aromatic heterocycles. The summed E-state index contributed by atoms with van der Waals surface area (Å²) < 4.78 is 0. The van der Waals surface area contributed by atoms with E-state index in [1.807, 2.05) is 12.1 Å². The van der Waals surface area contributed by atoms with Gasteiger partial charge in [-0.05, 0) is 69.7 Å². The van der Waals surface area contributed by atoms with Gasteiger partial charge in [-0.2, -0.15) is 0 Å². The van der Waals surface area contributed by atoms with E-state index in [2.05, 4.69) is 172 Å². The van der Waals surface area contributed by atoms with Gasteiger partial charge in [0.2, 0.25) is 0 Å². The lowest BCUT2D eigenvalue weighted by Crippen LogP contribution is -2.62. The highest BCUT2D eigenvalue weighted by Gasteiger charge is 2.63. The van der Waals surface area contributed by atoms with Crippen LogP contribution in [-0.4, -0.2) is 15.0 Å². The van der Waals surface area contributed by atoms with E-state index in [1.54, 1.807) is 5.57 Å². The van der Waals surface area contributed by atoms with Crippen molar-refractivity contribution >= 4 is 0 Å². The maximum atomic E-state index is 5.10. The average Bonchev–Trinajstić information content (AvgIpc) is 3.20. The first-order valence-electron chi connectivity index (χ1n) is 18.0. The Morgan fingerprint density at radius 2 is 0.902 bits per heavy atom. The number of fused-ring (bicyclic) bond motifs is 1. The Labute approximate surface area is 300 Å². The van der Waals surface area contributed by atoms with Crippen molar-refractivity contribution in [2.45, 2.75) is 25.7 Å². The zero-order valence-electron chi connectivity index (χ0n) is 28.9. The Bertz CT molecular complexity index is 2260. The highest BCUT2D eigenvalue weighted by Crippen LogP contribution is 2.67. The predicted molar refractivity (Wildman–Crippen MR) is 209 cm³/mol. The Hall–Kier alpha value is -5.93. The monoisotopic (exact) mass is 657 g/mol. The van der Waals surface area contributed by atoms with Crippen molar-refractivity contribution in [3.8, 4) is 56.4 Å². The molecule has 3 heteroatoms. The van der Waals surface area contributed by atoms with E-state index in [0.717, 1.165) is 45.4 Å². The molecule has 1 fully saturated rings. The van der Waals surface area contributed by atoms with Crippen LogP contribution >= 0.6 is 0 Å². The Morgan fingerprint density at radius 1 is 0.451 bits per heavy atom. The van der Waals surface area contributed by atoms with E-state index in [4.69, 9.17) is 15.0 Å². The van der Waals surface area contributed by atoms with Gasteiger partial charge in [-0.15, -0.1) is 0 Å². The highest BCUT2D eigenvalue weighted by molar-refractivity contribution is 5.74. The third-order valence-electron chi connectivity index (χ3n) is 11.4. The molecule has 2 aliphatic carbocycles. The molecule has 2 aliphatic rings. The fraction of sp³-hybridized carbons (Fsp3) is 0.146. The number of hydrogen-bond donors (Lipinski definition) is 0. The van der Waals surface area contributed by atoms with E-state index in [9.17, 15) is 0 Å². The van der Waals surface area contributed by atoms with E-state index >= 15 is 0 Å². The molecule has 4 unspecified atom stereocenters. The van der Waals surface area contributed by atoms with Gasteiger partial charge >= 0.3 is 0 Å². The van der Waals surface area contributed by atoms with Gasteiger partial charge in [0.05, 0.1) is 0 Å². The van der Waals surface area contributed by atoms with E-state index in [0.29, 0.717) is 35.2 Å². The minimum atomic E-state index is 0.208. The molecule has 1 heterocycles. The summed E-state index contributed by atoms with van der Waals surface area (Å²) in [6.07, 6.45) is 3.56. The first-order valence-corrected chi connectivity index (χ1v) is 18.0. The zero-order valence-corrected chi connectivity index (χ0v) is 28.9. The topological polar surface area (TPSA) is 38.7 Å². The third kappa shape index (κ3) is 5.41. The molecule has 6 aromatic carbocycles. The fourth-order valence-electron chi connectivity index (χ4n) is 8.74. The molecule has 0 radical (unpaired) electrons. The van der Waals surface area contributed by atoms with Crippen molar-refractivity contribution in [3.05, 3.63) is 187 Å². The second kappa shape index (κ2) is 12.8. The molecule has 9 rings (SSSR count). The molecule has 3 nitrogen and oxygen atoms in total. The molecule has 0 N–H and O–H groups in total. The summed E-state index contributed by atoms with van der Waals surface area (Å²) in [7, 11) is 0. The average molecular weight is 658 g/mol. The van der Waals surface area contributed by atoms with Gasteiger partial charge in [0.1, 0.15) is 0 Å². The molecule has 246 valence electrons. The number of hydrogen-bond acceptors (Lipinski definition) is 3. The lowest BCUT2D eigenvalue weighted by atomic mass is 9.37. The number of nitrogens with zero attached hydrogens (tertiary/aromatic N) is 3. The Morgan fingerprint density at radius 3 is 1.39 bits per heavy atom. The van der Waals surface area contributed by atoms with Crippen LogP contribution in [0, 0.1) is 17.8 Å². The Kier molecular flexibility index (Phi) is 7.77. The van der Waals surface area contributed by atoms with Crippen LogP contribution in [0.2, 0.25) is 0 Å². The lowest BCUT2D eigenvalue weighted by molar-refractivity contribution is 0.0679. The van der Waals surface area contributed by atoms with Crippen LogP contribution in [0.4, 0.5) is 0 Å². The van der Waals surface area contributed by atoms with Crippen molar-refractivity contribution in [3.63, 3.8) is 0 Å². The second-order valence-electron chi connectivity index (χ2n) is 14.1. The summed E-state index contributed by atoms with van der Waals surface area (Å²) in [5.74, 6) is 3.74. The van der Waals surface area contributed by atoms with E-state index < -0.39 is 0 Å². The number of benzene rings is 6. The zero-order chi connectivity index (χ0) is 34.4. The summed E-state index contributed by atoms with van der Waals surface area (Å²) in [5, 5.41) is 0. The maximum absolute atomic E-state index is 5.10. The van der Waals surface area contributed by atoms with Gasteiger partial charge in [-0.1, -0.05) is 177 Å². The third-order valence-corrected chi connectivity index (χ3v) is 11.4. The molecule has 0 aliphatic heterocycles. The van der Waals surface area contributed by atoms with Gasteiger partial charge in [-0.25, -0.2) is 15.0 Å². The van der Waals surface area contributed by atoms with Gasteiger partial charge in [0, 0.05) is 22.1 Å². The summed E-state index contributed by atoms with van der Waals surface area (Å²) in [5.41, 5.74) is 12.1. The molecule has 1 saturated carbocycles. The standard InChI is InChI=1S/C48H39N3/c1-32-28-44-43(33(2)48(32,44)42-22-10-5-11-23-42)29-34-24-26-37(27-25-34)45-49-46(40-20-12-18-38(30-40)35-14-6-3-7-15-35)51-47(50-45)41-21-13-19-39(31-41)36-16-8-4-9-17-36/h3-28,30-33,43H,29H2,1-2H3. The lowest BCUT2D eigenvalue weighted by Gasteiger charge is -2.66. The normalized spacial score (nSPS) is 20.4. The van der Waals surface area contributed by atoms with E-state index in [-0.39, 0.29) is 5.41 Å². The SMILES string of the molecule is CC1C=C2C(Cc3ccc(-c4nc(-c5cccc(-c6ccccc6)c5)nc(-c5cccc(-c6ccccc6)c5)n4)cc3)C(C)C21c1ccccc1. The predicted octanol–water partition coefficient (Wildman–Crippen LogP) is 11.5. The number of allylic oxidation sites excluding steroid dienone is 2. The largest absolute Gasteiger partial charge is 0.208 e. The molecule has 0 spiro atoms. The Balaban J connectivity index is 1.06. The van der Waals surface area contributed by atoms with Crippen LogP contribution in [0.15, 0.2) is 175 Å². The van der Waals surface area contributed by atoms with Crippen molar-refractivity contribution in [2.24, 2.45) is 17.8 Å². The van der Waals surface area contributed by atoms with Gasteiger partial charge < -0.3 is 0 Å².